The molecule has 0 spiro atoms. The minimum Gasteiger partial charge on any atom is -0.352 e. The van der Waals surface area contributed by atoms with E-state index in [4.69, 9.17) is 5.73 Å². The molecule has 20 heavy (non-hydrogen) atoms. The highest BCUT2D eigenvalue weighted by atomic mass is 16.2. The fourth-order valence-electron chi connectivity index (χ4n) is 6.37. The smallest absolute Gasteiger partial charge is 0.226 e. The van der Waals surface area contributed by atoms with Gasteiger partial charge in [0.1, 0.15) is 0 Å². The lowest BCUT2D eigenvalue weighted by Crippen LogP contribution is -2.61. The molecule has 0 saturated heterocycles. The monoisotopic (exact) mass is 278 g/mol. The van der Waals surface area contributed by atoms with Gasteiger partial charge in [0.15, 0.2) is 0 Å². The van der Waals surface area contributed by atoms with E-state index in [9.17, 15) is 4.79 Å². The van der Waals surface area contributed by atoms with Gasteiger partial charge in [0, 0.05) is 12.6 Å². The van der Waals surface area contributed by atoms with Crippen LogP contribution in [0.25, 0.3) is 0 Å². The standard InChI is InChI=1S/C17H30N2O/c1-4-13(8-18)19-14(20)17-7-12-5-15(2,10-17)9-16(3,6-12)11-17/h12-13H,4-11,18H2,1-3H3,(H,19,20). The number of hydrogen-bond donors (Lipinski definition) is 2. The number of nitrogens with one attached hydrogen (secondary N) is 1. The van der Waals surface area contributed by atoms with Crippen LogP contribution < -0.4 is 11.1 Å². The average molecular weight is 278 g/mol. The molecule has 0 aromatic heterocycles. The predicted molar refractivity (Wildman–Crippen MR) is 81.1 cm³/mol. The van der Waals surface area contributed by atoms with E-state index >= 15 is 0 Å². The molecule has 0 aromatic carbocycles. The van der Waals surface area contributed by atoms with Crippen LogP contribution in [0.3, 0.4) is 0 Å². The Kier molecular flexibility index (Phi) is 3.20. The van der Waals surface area contributed by atoms with Gasteiger partial charge in [-0.15, -0.1) is 0 Å². The van der Waals surface area contributed by atoms with Crippen LogP contribution in [0.2, 0.25) is 0 Å². The van der Waals surface area contributed by atoms with Crippen molar-refractivity contribution < 1.29 is 4.79 Å². The maximum atomic E-state index is 12.9. The number of hydrogen-bond acceptors (Lipinski definition) is 2. The molecule has 0 aromatic rings. The van der Waals surface area contributed by atoms with Crippen LogP contribution in [0.1, 0.15) is 65.7 Å². The van der Waals surface area contributed by atoms with Crippen LogP contribution in [-0.2, 0) is 4.79 Å². The van der Waals surface area contributed by atoms with Gasteiger partial charge in [-0.25, -0.2) is 0 Å². The minimum atomic E-state index is -0.0918. The Bertz CT molecular complexity index is 397. The molecular formula is C17H30N2O. The predicted octanol–water partition coefficient (Wildman–Crippen LogP) is 2.84. The van der Waals surface area contributed by atoms with Crippen molar-refractivity contribution in [3.05, 3.63) is 0 Å². The first kappa shape index (κ1) is 14.4. The Labute approximate surface area is 123 Å². The molecule has 4 aliphatic rings. The van der Waals surface area contributed by atoms with E-state index in [0.717, 1.165) is 31.6 Å². The molecule has 4 rings (SSSR count). The van der Waals surface area contributed by atoms with Crippen LogP contribution >= 0.6 is 0 Å². The van der Waals surface area contributed by atoms with Crippen LogP contribution in [0.15, 0.2) is 0 Å². The Hall–Kier alpha value is -0.570. The number of amides is 1. The van der Waals surface area contributed by atoms with Gasteiger partial charge in [0.25, 0.3) is 0 Å². The third kappa shape index (κ3) is 2.18. The molecule has 114 valence electrons. The second-order valence-corrected chi connectivity index (χ2v) is 8.72. The molecular weight excluding hydrogens is 248 g/mol. The second kappa shape index (κ2) is 4.46. The molecule has 3 heteroatoms. The lowest BCUT2D eigenvalue weighted by atomic mass is 9.40. The summed E-state index contributed by atoms with van der Waals surface area (Å²) in [5.74, 6) is 1.07. The fraction of sp³-hybridized carbons (Fsp3) is 0.941. The molecule has 3 N–H and O–H groups in total. The van der Waals surface area contributed by atoms with Crippen LogP contribution in [0.4, 0.5) is 0 Å². The van der Waals surface area contributed by atoms with Crippen molar-refractivity contribution in [1.82, 2.24) is 5.32 Å². The number of rotatable bonds is 4. The summed E-state index contributed by atoms with van der Waals surface area (Å²) in [6.07, 6.45) is 8.23. The van der Waals surface area contributed by atoms with Crippen molar-refractivity contribution in [2.75, 3.05) is 6.54 Å². The van der Waals surface area contributed by atoms with Gasteiger partial charge in [0.2, 0.25) is 5.91 Å². The summed E-state index contributed by atoms with van der Waals surface area (Å²) in [6.45, 7) is 7.48. The lowest BCUT2D eigenvalue weighted by molar-refractivity contribution is -0.170. The first-order valence-electron chi connectivity index (χ1n) is 8.33. The van der Waals surface area contributed by atoms with Gasteiger partial charge < -0.3 is 11.1 Å². The number of carbonyl (C=O) groups excluding carboxylic acids is 1. The van der Waals surface area contributed by atoms with Crippen molar-refractivity contribution in [3.63, 3.8) is 0 Å². The van der Waals surface area contributed by atoms with Gasteiger partial charge in [-0.3, -0.25) is 4.79 Å². The van der Waals surface area contributed by atoms with Crippen LogP contribution in [0, 0.1) is 22.2 Å². The summed E-state index contributed by atoms with van der Waals surface area (Å²) in [5.41, 5.74) is 6.47. The Morgan fingerprint density at radius 2 is 1.80 bits per heavy atom. The minimum absolute atomic E-state index is 0.0918. The third-order valence-corrected chi connectivity index (χ3v) is 6.22. The van der Waals surface area contributed by atoms with Gasteiger partial charge in [-0.05, 0) is 61.7 Å². The molecule has 3 unspecified atom stereocenters. The van der Waals surface area contributed by atoms with Crippen molar-refractivity contribution in [3.8, 4) is 0 Å². The maximum Gasteiger partial charge on any atom is 0.226 e. The van der Waals surface area contributed by atoms with Crippen LogP contribution in [0.5, 0.6) is 0 Å². The van der Waals surface area contributed by atoms with E-state index in [0.29, 0.717) is 23.3 Å². The van der Waals surface area contributed by atoms with Gasteiger partial charge in [-0.2, -0.15) is 0 Å². The van der Waals surface area contributed by atoms with Crippen molar-refractivity contribution >= 4 is 5.91 Å². The molecule has 4 bridgehead atoms. The first-order chi connectivity index (χ1) is 9.32. The summed E-state index contributed by atoms with van der Waals surface area (Å²) >= 11 is 0. The molecule has 4 fully saturated rings. The Morgan fingerprint density at radius 1 is 1.20 bits per heavy atom. The quantitative estimate of drug-likeness (QED) is 0.831. The molecule has 0 aliphatic heterocycles. The SMILES string of the molecule is CCC(CN)NC(=O)C12CC3CC(C)(CC(C)(C3)C1)C2. The molecule has 4 saturated carbocycles. The summed E-state index contributed by atoms with van der Waals surface area (Å²) in [7, 11) is 0. The summed E-state index contributed by atoms with van der Waals surface area (Å²) in [5, 5.41) is 3.24. The highest BCUT2D eigenvalue weighted by Gasteiger charge is 2.62. The Morgan fingerprint density at radius 3 is 2.25 bits per heavy atom. The molecule has 0 heterocycles. The zero-order valence-corrected chi connectivity index (χ0v) is 13.3. The largest absolute Gasteiger partial charge is 0.352 e. The van der Waals surface area contributed by atoms with E-state index in [1.807, 2.05) is 0 Å². The zero-order chi connectivity index (χ0) is 14.6. The first-order valence-corrected chi connectivity index (χ1v) is 8.33. The van der Waals surface area contributed by atoms with Gasteiger partial charge in [-0.1, -0.05) is 20.8 Å². The van der Waals surface area contributed by atoms with E-state index < -0.39 is 0 Å². The van der Waals surface area contributed by atoms with Crippen molar-refractivity contribution in [1.29, 1.82) is 0 Å². The number of carbonyl (C=O) groups is 1. The normalized spacial score (nSPS) is 47.3. The topological polar surface area (TPSA) is 55.1 Å². The van der Waals surface area contributed by atoms with E-state index in [2.05, 4.69) is 26.1 Å². The molecule has 0 radical (unpaired) electrons. The molecule has 3 atom stereocenters. The summed E-state index contributed by atoms with van der Waals surface area (Å²) < 4.78 is 0. The molecule has 3 nitrogen and oxygen atoms in total. The molecule has 1 amide bonds. The van der Waals surface area contributed by atoms with Crippen LogP contribution in [-0.4, -0.2) is 18.5 Å². The summed E-state index contributed by atoms with van der Waals surface area (Å²) in [6, 6.07) is 0.149. The van der Waals surface area contributed by atoms with Crippen molar-refractivity contribution in [2.45, 2.75) is 71.8 Å². The van der Waals surface area contributed by atoms with E-state index in [1.165, 1.54) is 19.3 Å². The zero-order valence-electron chi connectivity index (χ0n) is 13.3. The van der Waals surface area contributed by atoms with Gasteiger partial charge >= 0.3 is 0 Å². The highest BCUT2D eigenvalue weighted by molar-refractivity contribution is 5.83. The second-order valence-electron chi connectivity index (χ2n) is 8.72. The number of nitrogens with two attached hydrogens (primary N) is 1. The third-order valence-electron chi connectivity index (χ3n) is 6.22. The molecule has 4 aliphatic carbocycles. The highest BCUT2D eigenvalue weighted by Crippen LogP contribution is 2.69. The fourth-order valence-corrected chi connectivity index (χ4v) is 6.37. The Balaban J connectivity index is 1.83. The van der Waals surface area contributed by atoms with E-state index in [-0.39, 0.29) is 11.5 Å². The summed E-state index contributed by atoms with van der Waals surface area (Å²) in [4.78, 5) is 12.9. The average Bonchev–Trinajstić information content (AvgIpc) is 2.31. The van der Waals surface area contributed by atoms with Gasteiger partial charge in [0.05, 0.1) is 5.41 Å². The van der Waals surface area contributed by atoms with E-state index in [1.54, 1.807) is 0 Å². The lowest BCUT2D eigenvalue weighted by Gasteiger charge is -2.64. The van der Waals surface area contributed by atoms with Crippen molar-refractivity contribution in [2.24, 2.45) is 27.9 Å². The maximum absolute atomic E-state index is 12.9.